The molecule has 2 amide bonds. The smallest absolute Gasteiger partial charge is 0.327 e. The summed E-state index contributed by atoms with van der Waals surface area (Å²) in [6, 6.07) is 7.75. The van der Waals surface area contributed by atoms with E-state index in [1.807, 2.05) is 6.07 Å². The van der Waals surface area contributed by atoms with Gasteiger partial charge in [-0.2, -0.15) is 5.26 Å². The van der Waals surface area contributed by atoms with Crippen molar-refractivity contribution in [3.8, 4) is 6.07 Å². The topological polar surface area (TPSA) is 93.4 Å². The fourth-order valence-electron chi connectivity index (χ4n) is 1.84. The Balaban J connectivity index is 2.00. The summed E-state index contributed by atoms with van der Waals surface area (Å²) in [6.07, 6.45) is 0.318. The second-order valence-electron chi connectivity index (χ2n) is 4.29. The van der Waals surface area contributed by atoms with Gasteiger partial charge in [0.25, 0.3) is 0 Å². The fourth-order valence-corrected chi connectivity index (χ4v) is 2.98. The number of amides is 2. The first-order valence-corrected chi connectivity index (χ1v) is 7.11. The highest BCUT2D eigenvalue weighted by atomic mass is 32.2. The lowest BCUT2D eigenvalue weighted by Crippen LogP contribution is -2.43. The van der Waals surface area contributed by atoms with Crippen molar-refractivity contribution in [2.24, 2.45) is 0 Å². The number of nitriles is 1. The number of carboxylic acids is 1. The summed E-state index contributed by atoms with van der Waals surface area (Å²) < 4.78 is 0. The van der Waals surface area contributed by atoms with E-state index in [-0.39, 0.29) is 0 Å². The van der Waals surface area contributed by atoms with Crippen molar-refractivity contribution in [1.82, 2.24) is 4.90 Å². The number of rotatable bonds is 3. The van der Waals surface area contributed by atoms with Crippen LogP contribution >= 0.6 is 11.8 Å². The Bertz CT molecular complexity index is 553. The third-order valence-electron chi connectivity index (χ3n) is 2.92. The first-order chi connectivity index (χ1) is 9.61. The molecular formula is C13H13N3O3S. The zero-order chi connectivity index (χ0) is 14.5. The van der Waals surface area contributed by atoms with Gasteiger partial charge in [0.05, 0.1) is 18.4 Å². The molecular weight excluding hydrogens is 278 g/mol. The Morgan fingerprint density at radius 3 is 2.75 bits per heavy atom. The number of hydrogen-bond donors (Lipinski definition) is 2. The highest BCUT2D eigenvalue weighted by Crippen LogP contribution is 2.22. The van der Waals surface area contributed by atoms with Crippen molar-refractivity contribution in [3.63, 3.8) is 0 Å². The molecule has 6 nitrogen and oxygen atoms in total. The minimum absolute atomic E-state index is 0.318. The number of hydrogen-bond acceptors (Lipinski definition) is 4. The number of carboxylic acid groups (broad SMARTS) is 1. The van der Waals surface area contributed by atoms with Crippen molar-refractivity contribution in [1.29, 1.82) is 5.26 Å². The van der Waals surface area contributed by atoms with Crippen LogP contribution in [0.25, 0.3) is 0 Å². The van der Waals surface area contributed by atoms with E-state index in [1.54, 1.807) is 24.3 Å². The van der Waals surface area contributed by atoms with Crippen LogP contribution in [-0.4, -0.2) is 39.7 Å². The molecule has 1 aromatic rings. The maximum atomic E-state index is 12.0. The summed E-state index contributed by atoms with van der Waals surface area (Å²) in [5.41, 5.74) is 1.45. The Labute approximate surface area is 120 Å². The highest BCUT2D eigenvalue weighted by Gasteiger charge is 2.34. The zero-order valence-electron chi connectivity index (χ0n) is 10.6. The Kier molecular flexibility index (Phi) is 4.48. The van der Waals surface area contributed by atoms with Crippen molar-refractivity contribution >= 4 is 29.4 Å². The molecule has 0 spiro atoms. The van der Waals surface area contributed by atoms with Crippen molar-refractivity contribution in [3.05, 3.63) is 29.8 Å². The summed E-state index contributed by atoms with van der Waals surface area (Å²) in [4.78, 5) is 24.3. The average Bonchev–Trinajstić information content (AvgIpc) is 2.91. The second kappa shape index (κ2) is 6.30. The van der Waals surface area contributed by atoms with E-state index in [4.69, 9.17) is 10.4 Å². The summed E-state index contributed by atoms with van der Waals surface area (Å²) in [7, 11) is 0. The fraction of sp³-hybridized carbons (Fsp3) is 0.308. The van der Waals surface area contributed by atoms with E-state index in [2.05, 4.69) is 5.32 Å². The predicted molar refractivity (Wildman–Crippen MR) is 75.4 cm³/mol. The quantitative estimate of drug-likeness (QED) is 0.884. The van der Waals surface area contributed by atoms with Crippen LogP contribution in [0.5, 0.6) is 0 Å². The van der Waals surface area contributed by atoms with Crippen molar-refractivity contribution in [2.45, 2.75) is 12.5 Å². The summed E-state index contributed by atoms with van der Waals surface area (Å²) in [6.45, 7) is 0. The van der Waals surface area contributed by atoms with Gasteiger partial charge in [-0.1, -0.05) is 12.1 Å². The van der Waals surface area contributed by atoms with Crippen LogP contribution < -0.4 is 5.32 Å². The Morgan fingerprint density at radius 2 is 2.15 bits per heavy atom. The Morgan fingerprint density at radius 1 is 1.45 bits per heavy atom. The molecule has 104 valence electrons. The third-order valence-corrected chi connectivity index (χ3v) is 3.93. The second-order valence-corrected chi connectivity index (χ2v) is 5.29. The molecule has 2 rings (SSSR count). The van der Waals surface area contributed by atoms with Gasteiger partial charge in [0, 0.05) is 11.4 Å². The third kappa shape index (κ3) is 3.22. The van der Waals surface area contributed by atoms with E-state index >= 15 is 0 Å². The zero-order valence-corrected chi connectivity index (χ0v) is 11.4. The van der Waals surface area contributed by atoms with Gasteiger partial charge in [-0.3, -0.25) is 0 Å². The molecule has 1 aliphatic heterocycles. The monoisotopic (exact) mass is 291 g/mol. The van der Waals surface area contributed by atoms with Gasteiger partial charge in [-0.25, -0.2) is 9.59 Å². The van der Waals surface area contributed by atoms with Crippen molar-refractivity contribution < 1.29 is 14.7 Å². The molecule has 0 aromatic heterocycles. The molecule has 0 bridgehead atoms. The van der Waals surface area contributed by atoms with Gasteiger partial charge in [0.1, 0.15) is 6.04 Å². The van der Waals surface area contributed by atoms with Gasteiger partial charge in [0.2, 0.25) is 0 Å². The minimum atomic E-state index is -0.991. The van der Waals surface area contributed by atoms with E-state index < -0.39 is 18.0 Å². The average molecular weight is 291 g/mol. The number of carbonyl (C=O) groups excluding carboxylic acids is 1. The van der Waals surface area contributed by atoms with Gasteiger partial charge in [0.15, 0.2) is 0 Å². The predicted octanol–water partition coefficient (Wildman–Crippen LogP) is 1.74. The molecule has 2 N–H and O–H groups in total. The van der Waals surface area contributed by atoms with Crippen LogP contribution in [0.3, 0.4) is 0 Å². The molecule has 1 aliphatic rings. The van der Waals surface area contributed by atoms with Crippen LogP contribution in [0.4, 0.5) is 10.5 Å². The van der Waals surface area contributed by atoms with Crippen LogP contribution in [0.2, 0.25) is 0 Å². The molecule has 0 radical (unpaired) electrons. The molecule has 1 aromatic carbocycles. The SMILES string of the molecule is N#CCc1ccc(NC(=O)N2CSCC2C(=O)O)cc1. The number of benzene rings is 1. The molecule has 1 unspecified atom stereocenters. The molecule has 1 heterocycles. The lowest BCUT2D eigenvalue weighted by molar-refractivity contribution is -0.140. The molecule has 1 saturated heterocycles. The van der Waals surface area contributed by atoms with E-state index in [0.29, 0.717) is 23.7 Å². The van der Waals surface area contributed by atoms with Gasteiger partial charge in [-0.05, 0) is 17.7 Å². The molecule has 0 aliphatic carbocycles. The van der Waals surface area contributed by atoms with E-state index in [9.17, 15) is 9.59 Å². The molecule has 7 heteroatoms. The lowest BCUT2D eigenvalue weighted by atomic mass is 10.1. The standard InChI is InChI=1S/C13H13N3O3S/c14-6-5-9-1-3-10(4-2-9)15-13(19)16-8-20-7-11(16)12(17)18/h1-4,11H,5,7-8H2,(H,15,19)(H,17,18). The normalized spacial score (nSPS) is 17.6. The summed E-state index contributed by atoms with van der Waals surface area (Å²) in [5.74, 6) is -0.214. The summed E-state index contributed by atoms with van der Waals surface area (Å²) >= 11 is 1.41. The largest absolute Gasteiger partial charge is 0.480 e. The van der Waals surface area contributed by atoms with Crippen LogP contribution in [0.1, 0.15) is 5.56 Å². The van der Waals surface area contributed by atoms with Crippen LogP contribution in [0.15, 0.2) is 24.3 Å². The van der Waals surface area contributed by atoms with Crippen LogP contribution in [0, 0.1) is 11.3 Å². The Hall–Kier alpha value is -2.20. The maximum absolute atomic E-state index is 12.0. The van der Waals surface area contributed by atoms with Gasteiger partial charge < -0.3 is 15.3 Å². The lowest BCUT2D eigenvalue weighted by Gasteiger charge is -2.20. The number of aliphatic carboxylic acids is 1. The molecule has 1 atom stereocenters. The number of thioether (sulfide) groups is 1. The minimum Gasteiger partial charge on any atom is -0.480 e. The number of nitrogens with zero attached hydrogens (tertiary/aromatic N) is 2. The first-order valence-electron chi connectivity index (χ1n) is 5.96. The van der Waals surface area contributed by atoms with Gasteiger partial charge in [-0.15, -0.1) is 11.8 Å². The first kappa shape index (κ1) is 14.2. The summed E-state index contributed by atoms with van der Waals surface area (Å²) in [5, 5.41) is 20.3. The maximum Gasteiger partial charge on any atom is 0.327 e. The number of nitrogens with one attached hydrogen (secondary N) is 1. The van der Waals surface area contributed by atoms with Crippen LogP contribution in [-0.2, 0) is 11.2 Å². The number of anilines is 1. The van der Waals surface area contributed by atoms with E-state index in [0.717, 1.165) is 5.56 Å². The molecule has 20 heavy (non-hydrogen) atoms. The van der Waals surface area contributed by atoms with E-state index in [1.165, 1.54) is 16.7 Å². The molecule has 0 saturated carbocycles. The molecule has 1 fully saturated rings. The number of carbonyl (C=O) groups is 2. The highest BCUT2D eigenvalue weighted by molar-refractivity contribution is 7.99. The van der Waals surface area contributed by atoms with Gasteiger partial charge >= 0.3 is 12.0 Å². The number of urea groups is 1. The van der Waals surface area contributed by atoms with Crippen molar-refractivity contribution in [2.75, 3.05) is 16.9 Å².